The lowest BCUT2D eigenvalue weighted by Crippen LogP contribution is -2.40. The number of nitrogens with one attached hydrogen (secondary N) is 1. The first-order valence-corrected chi connectivity index (χ1v) is 8.26. The minimum Gasteiger partial charge on any atom is -0.480 e. The maximum absolute atomic E-state index is 12.2. The van der Waals surface area contributed by atoms with Gasteiger partial charge in [-0.05, 0) is 44.0 Å². The van der Waals surface area contributed by atoms with Crippen molar-refractivity contribution in [2.45, 2.75) is 45.8 Å². The lowest BCUT2D eigenvalue weighted by Gasteiger charge is -2.25. The number of halogens is 1. The van der Waals surface area contributed by atoms with E-state index in [-0.39, 0.29) is 17.9 Å². The van der Waals surface area contributed by atoms with Crippen LogP contribution in [-0.2, 0) is 16.0 Å². The van der Waals surface area contributed by atoms with E-state index in [0.717, 1.165) is 17.7 Å². The molecular weight excluding hydrogens is 316 g/mol. The third kappa shape index (κ3) is 4.61. The maximum Gasteiger partial charge on any atom is 0.261 e. The first-order chi connectivity index (χ1) is 10.9. The molecule has 0 bridgehead atoms. The smallest absolute Gasteiger partial charge is 0.261 e. The van der Waals surface area contributed by atoms with Crippen LogP contribution in [0.5, 0.6) is 5.75 Å². The number of benzene rings is 1. The SMILES string of the molecule is CC(=O)N(CCCNC(=O)C1Cc2cc(Cl)ccc2O1)C(C)C. The van der Waals surface area contributed by atoms with Gasteiger partial charge in [-0.2, -0.15) is 0 Å². The Morgan fingerprint density at radius 3 is 2.83 bits per heavy atom. The zero-order valence-corrected chi connectivity index (χ0v) is 14.5. The van der Waals surface area contributed by atoms with E-state index < -0.39 is 6.10 Å². The average Bonchev–Trinajstić information content (AvgIpc) is 2.89. The van der Waals surface area contributed by atoms with Crippen LogP contribution in [0.3, 0.4) is 0 Å². The Morgan fingerprint density at radius 1 is 1.43 bits per heavy atom. The van der Waals surface area contributed by atoms with E-state index in [2.05, 4.69) is 5.32 Å². The summed E-state index contributed by atoms with van der Waals surface area (Å²) in [4.78, 5) is 25.4. The summed E-state index contributed by atoms with van der Waals surface area (Å²) in [6.07, 6.45) is 0.750. The molecule has 0 fully saturated rings. The molecule has 1 unspecified atom stereocenters. The Morgan fingerprint density at radius 2 is 2.17 bits per heavy atom. The molecule has 0 spiro atoms. The molecule has 6 heteroatoms. The van der Waals surface area contributed by atoms with E-state index in [1.807, 2.05) is 19.9 Å². The van der Waals surface area contributed by atoms with Gasteiger partial charge < -0.3 is 15.0 Å². The Bertz CT molecular complexity index is 589. The number of ether oxygens (including phenoxy) is 1. The van der Waals surface area contributed by atoms with E-state index in [0.29, 0.717) is 24.5 Å². The number of rotatable bonds is 6. The highest BCUT2D eigenvalue weighted by Crippen LogP contribution is 2.31. The molecule has 0 saturated heterocycles. The van der Waals surface area contributed by atoms with Crippen molar-refractivity contribution in [1.29, 1.82) is 0 Å². The molecule has 1 aliphatic heterocycles. The van der Waals surface area contributed by atoms with Gasteiger partial charge in [0.05, 0.1) is 0 Å². The van der Waals surface area contributed by atoms with Crippen LogP contribution in [0, 0.1) is 0 Å². The Labute approximate surface area is 141 Å². The van der Waals surface area contributed by atoms with Gasteiger partial charge in [-0.3, -0.25) is 9.59 Å². The van der Waals surface area contributed by atoms with Crippen molar-refractivity contribution in [3.63, 3.8) is 0 Å². The predicted molar refractivity (Wildman–Crippen MR) is 89.7 cm³/mol. The van der Waals surface area contributed by atoms with Crippen molar-refractivity contribution in [1.82, 2.24) is 10.2 Å². The fourth-order valence-electron chi connectivity index (χ4n) is 2.72. The van der Waals surface area contributed by atoms with E-state index in [1.54, 1.807) is 24.0 Å². The molecule has 0 aliphatic carbocycles. The molecule has 1 N–H and O–H groups in total. The predicted octanol–water partition coefficient (Wildman–Crippen LogP) is 2.41. The standard InChI is InChI=1S/C17H23ClN2O3/c1-11(2)20(12(3)21)8-4-7-19-17(22)16-10-13-9-14(18)5-6-15(13)23-16/h5-6,9,11,16H,4,7-8,10H2,1-3H3,(H,19,22). The van der Waals surface area contributed by atoms with Crippen molar-refractivity contribution < 1.29 is 14.3 Å². The lowest BCUT2D eigenvalue weighted by atomic mass is 10.1. The summed E-state index contributed by atoms with van der Waals surface area (Å²) < 4.78 is 5.64. The number of fused-ring (bicyclic) bond motifs is 1. The first kappa shape index (κ1) is 17.6. The zero-order chi connectivity index (χ0) is 17.0. The second kappa shape index (κ2) is 7.68. The van der Waals surface area contributed by atoms with Gasteiger partial charge in [0.2, 0.25) is 5.91 Å². The molecule has 2 amide bonds. The Kier molecular flexibility index (Phi) is 5.88. The second-order valence-corrected chi connectivity index (χ2v) is 6.45. The molecular formula is C17H23ClN2O3. The summed E-state index contributed by atoms with van der Waals surface area (Å²) in [7, 11) is 0. The molecule has 1 aliphatic rings. The molecule has 126 valence electrons. The minimum absolute atomic E-state index is 0.0535. The fourth-order valence-corrected chi connectivity index (χ4v) is 2.91. The number of nitrogens with zero attached hydrogens (tertiary/aromatic N) is 1. The van der Waals surface area contributed by atoms with Crippen molar-refractivity contribution in [3.8, 4) is 5.75 Å². The quantitative estimate of drug-likeness (QED) is 0.810. The lowest BCUT2D eigenvalue weighted by molar-refractivity contribution is -0.130. The molecule has 1 aromatic rings. The van der Waals surface area contributed by atoms with Crippen molar-refractivity contribution in [2.75, 3.05) is 13.1 Å². The number of amides is 2. The zero-order valence-electron chi connectivity index (χ0n) is 13.8. The fraction of sp³-hybridized carbons (Fsp3) is 0.529. The van der Waals surface area contributed by atoms with Gasteiger partial charge in [0, 0.05) is 37.5 Å². The van der Waals surface area contributed by atoms with E-state index in [1.165, 1.54) is 0 Å². The van der Waals surface area contributed by atoms with Gasteiger partial charge in [-0.25, -0.2) is 0 Å². The molecule has 23 heavy (non-hydrogen) atoms. The van der Waals surface area contributed by atoms with E-state index in [4.69, 9.17) is 16.3 Å². The summed E-state index contributed by atoms with van der Waals surface area (Å²) in [6, 6.07) is 5.54. The molecule has 1 heterocycles. The molecule has 1 aromatic carbocycles. The third-order valence-corrected chi connectivity index (χ3v) is 4.13. The van der Waals surface area contributed by atoms with Gasteiger partial charge in [-0.1, -0.05) is 11.6 Å². The van der Waals surface area contributed by atoms with Crippen LogP contribution < -0.4 is 10.1 Å². The van der Waals surface area contributed by atoms with Gasteiger partial charge >= 0.3 is 0 Å². The summed E-state index contributed by atoms with van der Waals surface area (Å²) in [5.74, 6) is 0.645. The average molecular weight is 339 g/mol. The normalized spacial score (nSPS) is 16.0. The van der Waals surface area contributed by atoms with Crippen molar-refractivity contribution in [3.05, 3.63) is 28.8 Å². The van der Waals surface area contributed by atoms with E-state index >= 15 is 0 Å². The highest BCUT2D eigenvalue weighted by molar-refractivity contribution is 6.30. The van der Waals surface area contributed by atoms with Crippen molar-refractivity contribution >= 4 is 23.4 Å². The Hall–Kier alpha value is -1.75. The number of carbonyl (C=O) groups is 2. The first-order valence-electron chi connectivity index (χ1n) is 7.88. The molecule has 0 saturated carbocycles. The monoisotopic (exact) mass is 338 g/mol. The molecule has 0 aromatic heterocycles. The molecule has 2 rings (SSSR count). The molecule has 1 atom stereocenters. The minimum atomic E-state index is -0.502. The summed E-state index contributed by atoms with van der Waals surface area (Å²) in [6.45, 7) is 6.68. The van der Waals surface area contributed by atoms with Crippen LogP contribution in [0.2, 0.25) is 5.02 Å². The number of hydrogen-bond acceptors (Lipinski definition) is 3. The number of hydrogen-bond donors (Lipinski definition) is 1. The number of carbonyl (C=O) groups excluding carboxylic acids is 2. The van der Waals surface area contributed by atoms with Crippen molar-refractivity contribution in [2.24, 2.45) is 0 Å². The third-order valence-electron chi connectivity index (χ3n) is 3.89. The van der Waals surface area contributed by atoms with Gasteiger partial charge in [-0.15, -0.1) is 0 Å². The Balaban J connectivity index is 1.75. The molecule has 5 nitrogen and oxygen atoms in total. The van der Waals surface area contributed by atoms with Crippen LogP contribution >= 0.6 is 11.6 Å². The largest absolute Gasteiger partial charge is 0.480 e. The van der Waals surface area contributed by atoms with Gasteiger partial charge in [0.1, 0.15) is 5.75 Å². The van der Waals surface area contributed by atoms with Crippen LogP contribution in [0.15, 0.2) is 18.2 Å². The topological polar surface area (TPSA) is 58.6 Å². The summed E-state index contributed by atoms with van der Waals surface area (Å²) in [5.41, 5.74) is 0.959. The second-order valence-electron chi connectivity index (χ2n) is 6.01. The van der Waals surface area contributed by atoms with Crippen LogP contribution in [0.25, 0.3) is 0 Å². The highest BCUT2D eigenvalue weighted by atomic mass is 35.5. The highest BCUT2D eigenvalue weighted by Gasteiger charge is 2.28. The van der Waals surface area contributed by atoms with Crippen LogP contribution in [0.1, 0.15) is 32.8 Å². The summed E-state index contributed by atoms with van der Waals surface area (Å²) in [5, 5.41) is 3.52. The van der Waals surface area contributed by atoms with Gasteiger partial charge in [0.25, 0.3) is 5.91 Å². The van der Waals surface area contributed by atoms with E-state index in [9.17, 15) is 9.59 Å². The van der Waals surface area contributed by atoms with Gasteiger partial charge in [0.15, 0.2) is 6.10 Å². The maximum atomic E-state index is 12.2. The van der Waals surface area contributed by atoms with Crippen LogP contribution in [-0.4, -0.2) is 41.9 Å². The molecule has 0 radical (unpaired) electrons. The van der Waals surface area contributed by atoms with Crippen LogP contribution in [0.4, 0.5) is 0 Å². The summed E-state index contributed by atoms with van der Waals surface area (Å²) >= 11 is 5.95.